The summed E-state index contributed by atoms with van der Waals surface area (Å²) in [7, 11) is 0. The highest BCUT2D eigenvalue weighted by Gasteiger charge is 2.24. The van der Waals surface area contributed by atoms with Gasteiger partial charge in [0.05, 0.1) is 5.88 Å². The van der Waals surface area contributed by atoms with Gasteiger partial charge >= 0.3 is 0 Å². The predicted octanol–water partition coefficient (Wildman–Crippen LogP) is 4.41. The Morgan fingerprint density at radius 1 is 1.29 bits per heavy atom. The van der Waals surface area contributed by atoms with E-state index in [4.69, 9.17) is 23.2 Å². The van der Waals surface area contributed by atoms with E-state index >= 15 is 0 Å². The first-order valence-corrected chi connectivity index (χ1v) is 7.71. The molecule has 0 saturated carbocycles. The fourth-order valence-electron chi connectivity index (χ4n) is 2.35. The Morgan fingerprint density at radius 2 is 1.94 bits per heavy atom. The van der Waals surface area contributed by atoms with Crippen LogP contribution in [0.5, 0.6) is 0 Å². The topological polar surface area (TPSA) is 3.24 Å². The van der Waals surface area contributed by atoms with Crippen LogP contribution in [0.15, 0.2) is 18.2 Å². The normalized spacial score (nSPS) is 25.1. The minimum absolute atomic E-state index is 0.474. The van der Waals surface area contributed by atoms with E-state index in [0.29, 0.717) is 16.4 Å². The van der Waals surface area contributed by atoms with Crippen LogP contribution in [-0.4, -0.2) is 23.6 Å². The molecule has 0 bridgehead atoms. The van der Waals surface area contributed by atoms with E-state index in [1.54, 1.807) is 0 Å². The minimum Gasteiger partial charge on any atom is -0.369 e. The van der Waals surface area contributed by atoms with E-state index in [9.17, 15) is 0 Å². The van der Waals surface area contributed by atoms with Gasteiger partial charge in [-0.1, -0.05) is 31.5 Å². The minimum atomic E-state index is 0.474. The smallest absolute Gasteiger partial charge is 0.0509 e. The summed E-state index contributed by atoms with van der Waals surface area (Å²) >= 11 is 14.3. The number of benzene rings is 1. The Balaban J connectivity index is 2.30. The molecule has 1 aliphatic heterocycles. The van der Waals surface area contributed by atoms with E-state index in [1.807, 2.05) is 23.9 Å². The first kappa shape index (κ1) is 13.4. The van der Waals surface area contributed by atoms with E-state index in [2.05, 4.69) is 24.8 Å². The molecule has 1 saturated heterocycles. The zero-order valence-electron chi connectivity index (χ0n) is 10.1. The van der Waals surface area contributed by atoms with Crippen LogP contribution in [0.1, 0.15) is 19.4 Å². The maximum Gasteiger partial charge on any atom is 0.0509 e. The van der Waals surface area contributed by atoms with Gasteiger partial charge in [-0.05, 0) is 12.1 Å². The molecule has 94 valence electrons. The number of thioether (sulfide) groups is 1. The lowest BCUT2D eigenvalue weighted by atomic mass is 10.1. The summed E-state index contributed by atoms with van der Waals surface area (Å²) in [5, 5.41) is 2.08. The number of nitrogens with zero attached hydrogens (tertiary/aromatic N) is 1. The molecule has 17 heavy (non-hydrogen) atoms. The van der Waals surface area contributed by atoms with E-state index < -0.39 is 0 Å². The molecule has 0 amide bonds. The van der Waals surface area contributed by atoms with Crippen molar-refractivity contribution in [3.8, 4) is 0 Å². The largest absolute Gasteiger partial charge is 0.369 e. The molecule has 0 aliphatic carbocycles. The van der Waals surface area contributed by atoms with Crippen LogP contribution in [0.25, 0.3) is 0 Å². The summed E-state index contributed by atoms with van der Waals surface area (Å²) in [6.07, 6.45) is 0. The van der Waals surface area contributed by atoms with Gasteiger partial charge in [0.15, 0.2) is 0 Å². The lowest BCUT2D eigenvalue weighted by Crippen LogP contribution is -2.40. The van der Waals surface area contributed by atoms with Crippen LogP contribution >= 0.6 is 35.0 Å². The van der Waals surface area contributed by atoms with Gasteiger partial charge < -0.3 is 4.90 Å². The van der Waals surface area contributed by atoms with Gasteiger partial charge in [0.1, 0.15) is 0 Å². The molecule has 0 spiro atoms. The molecule has 0 aromatic heterocycles. The van der Waals surface area contributed by atoms with Crippen molar-refractivity contribution >= 4 is 40.7 Å². The summed E-state index contributed by atoms with van der Waals surface area (Å²) in [5.41, 5.74) is 2.26. The zero-order valence-corrected chi connectivity index (χ0v) is 12.4. The quantitative estimate of drug-likeness (QED) is 0.742. The second-order valence-electron chi connectivity index (χ2n) is 4.53. The second kappa shape index (κ2) is 5.73. The highest BCUT2D eigenvalue weighted by Crippen LogP contribution is 2.33. The molecule has 2 rings (SSSR count). The van der Waals surface area contributed by atoms with Crippen LogP contribution in [0.2, 0.25) is 5.02 Å². The fraction of sp³-hybridized carbons (Fsp3) is 0.538. The van der Waals surface area contributed by atoms with Crippen molar-refractivity contribution in [3.05, 3.63) is 28.8 Å². The summed E-state index contributed by atoms with van der Waals surface area (Å²) in [5.74, 6) is 0.474. The average molecular weight is 290 g/mol. The number of anilines is 1. The molecule has 1 fully saturated rings. The summed E-state index contributed by atoms with van der Waals surface area (Å²) < 4.78 is 0. The average Bonchev–Trinajstić information content (AvgIpc) is 2.27. The summed E-state index contributed by atoms with van der Waals surface area (Å²) in [6, 6.07) is 6.04. The Kier molecular flexibility index (Phi) is 4.51. The molecule has 0 N–H and O–H groups in total. The first-order chi connectivity index (χ1) is 8.11. The third-order valence-corrected chi connectivity index (χ3v) is 4.84. The summed E-state index contributed by atoms with van der Waals surface area (Å²) in [6.45, 7) is 6.69. The maximum atomic E-state index is 6.21. The number of halogens is 2. The molecule has 1 aliphatic rings. The lowest BCUT2D eigenvalue weighted by molar-refractivity contribution is 0.726. The van der Waals surface area contributed by atoms with E-state index in [1.165, 1.54) is 5.69 Å². The number of alkyl halides is 1. The SMILES string of the molecule is CC1CN(c2cccc(Cl)c2CCl)CC(C)S1. The van der Waals surface area contributed by atoms with Crippen molar-refractivity contribution in [2.24, 2.45) is 0 Å². The standard InChI is InChI=1S/C13H17Cl2NS/c1-9-7-16(8-10(2)17-9)13-5-3-4-12(15)11(13)6-14/h3-5,9-10H,6-8H2,1-2H3. The van der Waals surface area contributed by atoms with Gasteiger partial charge in [-0.25, -0.2) is 0 Å². The Hall–Kier alpha value is -0.0500. The van der Waals surface area contributed by atoms with Crippen LogP contribution in [-0.2, 0) is 5.88 Å². The monoisotopic (exact) mass is 289 g/mol. The van der Waals surface area contributed by atoms with Crippen LogP contribution in [0.3, 0.4) is 0 Å². The van der Waals surface area contributed by atoms with Crippen molar-refractivity contribution in [1.29, 1.82) is 0 Å². The van der Waals surface area contributed by atoms with Crippen molar-refractivity contribution in [2.45, 2.75) is 30.2 Å². The van der Waals surface area contributed by atoms with Crippen LogP contribution < -0.4 is 4.90 Å². The first-order valence-electron chi connectivity index (χ1n) is 5.85. The molecule has 1 nitrogen and oxygen atoms in total. The predicted molar refractivity (Wildman–Crippen MR) is 79.7 cm³/mol. The van der Waals surface area contributed by atoms with Crippen molar-refractivity contribution in [2.75, 3.05) is 18.0 Å². The Labute approximate surface area is 117 Å². The second-order valence-corrected chi connectivity index (χ2v) is 7.09. The zero-order chi connectivity index (χ0) is 12.4. The maximum absolute atomic E-state index is 6.21. The van der Waals surface area contributed by atoms with Gasteiger partial charge in [0.25, 0.3) is 0 Å². The molecule has 2 atom stereocenters. The van der Waals surface area contributed by atoms with Gasteiger partial charge in [-0.3, -0.25) is 0 Å². The molecule has 1 aromatic rings. The van der Waals surface area contributed by atoms with Crippen LogP contribution in [0, 0.1) is 0 Å². The van der Waals surface area contributed by atoms with Gasteiger partial charge in [0, 0.05) is 39.9 Å². The van der Waals surface area contributed by atoms with Gasteiger partial charge in [-0.15, -0.1) is 11.6 Å². The van der Waals surface area contributed by atoms with Crippen molar-refractivity contribution < 1.29 is 0 Å². The third kappa shape index (κ3) is 3.04. The molecule has 1 heterocycles. The van der Waals surface area contributed by atoms with E-state index in [0.717, 1.165) is 23.7 Å². The number of hydrogen-bond acceptors (Lipinski definition) is 2. The molecular formula is C13H17Cl2NS. The molecule has 1 aromatic carbocycles. The highest BCUT2D eigenvalue weighted by molar-refractivity contribution is 8.00. The summed E-state index contributed by atoms with van der Waals surface area (Å²) in [4.78, 5) is 2.41. The number of hydrogen-bond donors (Lipinski definition) is 0. The van der Waals surface area contributed by atoms with Gasteiger partial charge in [0.2, 0.25) is 0 Å². The lowest BCUT2D eigenvalue weighted by Gasteiger charge is -2.37. The highest BCUT2D eigenvalue weighted by atomic mass is 35.5. The molecule has 0 radical (unpaired) electrons. The van der Waals surface area contributed by atoms with Crippen LogP contribution in [0.4, 0.5) is 5.69 Å². The third-order valence-electron chi connectivity index (χ3n) is 2.99. The van der Waals surface area contributed by atoms with Crippen molar-refractivity contribution in [1.82, 2.24) is 0 Å². The fourth-order valence-corrected chi connectivity index (χ4v) is 4.26. The number of rotatable bonds is 2. The van der Waals surface area contributed by atoms with Crippen molar-refractivity contribution in [3.63, 3.8) is 0 Å². The van der Waals surface area contributed by atoms with Gasteiger partial charge in [-0.2, -0.15) is 11.8 Å². The Morgan fingerprint density at radius 3 is 2.53 bits per heavy atom. The van der Waals surface area contributed by atoms with E-state index in [-0.39, 0.29) is 0 Å². The molecule has 4 heteroatoms. The molecule has 2 unspecified atom stereocenters. The Bertz CT molecular complexity index is 387. The molecular weight excluding hydrogens is 273 g/mol.